The molecule has 0 heterocycles. The number of hydrogen-bond acceptors (Lipinski definition) is 6. The van der Waals surface area contributed by atoms with Crippen LogP contribution in [0.4, 0.5) is 0 Å². The molecule has 0 saturated carbocycles. The van der Waals surface area contributed by atoms with Crippen molar-refractivity contribution in [2.75, 3.05) is 13.2 Å². The van der Waals surface area contributed by atoms with Crippen molar-refractivity contribution >= 4 is 17.9 Å². The molecule has 65 heavy (non-hydrogen) atoms. The Hall–Kier alpha value is -2.89. The van der Waals surface area contributed by atoms with E-state index in [2.05, 4.69) is 81.5 Å². The summed E-state index contributed by atoms with van der Waals surface area (Å²) in [5.74, 6) is -0.947. The van der Waals surface area contributed by atoms with Gasteiger partial charge in [0, 0.05) is 19.3 Å². The van der Waals surface area contributed by atoms with Crippen LogP contribution in [0.1, 0.15) is 278 Å². The molecule has 376 valence electrons. The summed E-state index contributed by atoms with van der Waals surface area (Å²) in [7, 11) is 0. The molecule has 0 aliphatic heterocycles. The molecule has 0 aromatic rings. The number of unbranched alkanes of at least 4 members (excludes halogenated alkanes) is 29. The minimum Gasteiger partial charge on any atom is -0.462 e. The molecule has 0 aliphatic rings. The maximum atomic E-state index is 12.8. The topological polar surface area (TPSA) is 78.9 Å². The second-order valence-electron chi connectivity index (χ2n) is 18.5. The predicted octanol–water partition coefficient (Wildman–Crippen LogP) is 18.4. The average molecular weight is 909 g/mol. The molecule has 0 aliphatic carbocycles. The van der Waals surface area contributed by atoms with Gasteiger partial charge < -0.3 is 14.2 Å². The number of allylic oxidation sites excluding steroid dienone is 10. The van der Waals surface area contributed by atoms with E-state index in [4.69, 9.17) is 14.2 Å². The smallest absolute Gasteiger partial charge is 0.306 e. The van der Waals surface area contributed by atoms with E-state index in [1.807, 2.05) is 0 Å². The third-order valence-electron chi connectivity index (χ3n) is 12.0. The number of carbonyl (C=O) groups is 3. The van der Waals surface area contributed by atoms with Crippen molar-refractivity contribution in [1.82, 2.24) is 0 Å². The van der Waals surface area contributed by atoms with Gasteiger partial charge in [0.05, 0.1) is 0 Å². The zero-order valence-electron chi connectivity index (χ0n) is 43.0. The number of carbonyl (C=O) groups excluding carboxylic acids is 3. The van der Waals surface area contributed by atoms with E-state index in [9.17, 15) is 14.4 Å². The zero-order chi connectivity index (χ0) is 47.2. The third kappa shape index (κ3) is 51.9. The van der Waals surface area contributed by atoms with Crippen LogP contribution in [0.15, 0.2) is 60.8 Å². The van der Waals surface area contributed by atoms with E-state index >= 15 is 0 Å². The number of ether oxygens (including phenoxy) is 3. The molecular formula is C59H104O6. The Morgan fingerprint density at radius 2 is 0.615 bits per heavy atom. The summed E-state index contributed by atoms with van der Waals surface area (Å²) in [6.45, 7) is 6.47. The summed E-state index contributed by atoms with van der Waals surface area (Å²) in [4.78, 5) is 38.0. The maximum absolute atomic E-state index is 12.8. The van der Waals surface area contributed by atoms with Crippen molar-refractivity contribution in [3.8, 4) is 0 Å². The van der Waals surface area contributed by atoms with Crippen LogP contribution < -0.4 is 0 Å². The summed E-state index contributed by atoms with van der Waals surface area (Å²) in [5, 5.41) is 0. The Bertz CT molecular complexity index is 1180. The molecule has 0 saturated heterocycles. The molecule has 0 aromatic carbocycles. The van der Waals surface area contributed by atoms with Crippen LogP contribution in [-0.4, -0.2) is 37.2 Å². The van der Waals surface area contributed by atoms with Gasteiger partial charge in [0.15, 0.2) is 6.10 Å². The highest BCUT2D eigenvalue weighted by atomic mass is 16.6. The van der Waals surface area contributed by atoms with Crippen LogP contribution in [-0.2, 0) is 28.6 Å². The van der Waals surface area contributed by atoms with Crippen molar-refractivity contribution < 1.29 is 28.6 Å². The first-order valence-corrected chi connectivity index (χ1v) is 27.8. The lowest BCUT2D eigenvalue weighted by molar-refractivity contribution is -0.167. The van der Waals surface area contributed by atoms with E-state index in [1.165, 1.54) is 154 Å². The fourth-order valence-electron chi connectivity index (χ4n) is 7.85. The lowest BCUT2D eigenvalue weighted by Crippen LogP contribution is -2.30. The molecule has 0 bridgehead atoms. The van der Waals surface area contributed by atoms with Gasteiger partial charge in [-0.1, -0.05) is 242 Å². The lowest BCUT2D eigenvalue weighted by Gasteiger charge is -2.18. The minimum atomic E-state index is -0.796. The summed E-state index contributed by atoms with van der Waals surface area (Å²) in [5.41, 5.74) is 0. The second-order valence-corrected chi connectivity index (χ2v) is 18.5. The van der Waals surface area contributed by atoms with Gasteiger partial charge in [-0.05, 0) is 77.0 Å². The summed E-state index contributed by atoms with van der Waals surface area (Å²) in [6.07, 6.45) is 66.5. The summed E-state index contributed by atoms with van der Waals surface area (Å²) in [6, 6.07) is 0. The molecule has 6 nitrogen and oxygen atoms in total. The Kier molecular flexibility index (Phi) is 51.3. The Morgan fingerprint density at radius 3 is 1.03 bits per heavy atom. The fourth-order valence-corrected chi connectivity index (χ4v) is 7.85. The van der Waals surface area contributed by atoms with Gasteiger partial charge in [0.1, 0.15) is 13.2 Å². The van der Waals surface area contributed by atoms with Gasteiger partial charge in [-0.3, -0.25) is 14.4 Å². The van der Waals surface area contributed by atoms with Crippen molar-refractivity contribution in [3.05, 3.63) is 60.8 Å². The van der Waals surface area contributed by atoms with Crippen molar-refractivity contribution in [3.63, 3.8) is 0 Å². The standard InChI is InChI=1S/C59H104O6/c1-4-7-10-13-16-19-22-24-26-28-29-31-32-34-37-40-43-46-49-52-58(61)64-55-56(54-63-57(60)51-48-45-42-39-36-21-18-15-12-9-6-3)65-59(62)53-50-47-44-41-38-35-33-30-27-25-23-20-17-14-11-8-5-2/h9,12,17-18,20-21,25,27,39,42,56H,4-8,10-11,13-16,19,22-24,26,28-38,40-41,43-55H2,1-3H3/b12-9-,20-17-,21-18-,27-25-,42-39-. The molecule has 1 unspecified atom stereocenters. The SMILES string of the molecule is CC/C=C\C/C=C\C/C=C\CCCC(=O)OCC(COC(=O)CCCCCCCCCCCCCCCCCCCCC)OC(=O)CCCCCCCCC/C=C\C/C=C\CCCCC. The molecular weight excluding hydrogens is 805 g/mol. The third-order valence-corrected chi connectivity index (χ3v) is 12.0. The van der Waals surface area contributed by atoms with E-state index in [0.29, 0.717) is 19.3 Å². The first-order valence-electron chi connectivity index (χ1n) is 27.8. The van der Waals surface area contributed by atoms with Crippen LogP contribution in [0, 0.1) is 0 Å². The van der Waals surface area contributed by atoms with E-state index in [-0.39, 0.29) is 37.5 Å². The predicted molar refractivity (Wildman–Crippen MR) is 279 cm³/mol. The molecule has 0 amide bonds. The first kappa shape index (κ1) is 62.1. The van der Waals surface area contributed by atoms with E-state index < -0.39 is 6.10 Å². The first-order chi connectivity index (χ1) is 32.0. The van der Waals surface area contributed by atoms with Gasteiger partial charge in [-0.15, -0.1) is 0 Å². The minimum absolute atomic E-state index is 0.0909. The quantitative estimate of drug-likeness (QED) is 0.0262. The van der Waals surface area contributed by atoms with Crippen molar-refractivity contribution in [1.29, 1.82) is 0 Å². The van der Waals surface area contributed by atoms with Gasteiger partial charge >= 0.3 is 17.9 Å². The highest BCUT2D eigenvalue weighted by Crippen LogP contribution is 2.16. The molecule has 0 aromatic heterocycles. The summed E-state index contributed by atoms with van der Waals surface area (Å²) < 4.78 is 16.8. The van der Waals surface area contributed by atoms with Gasteiger partial charge in [0.2, 0.25) is 0 Å². The van der Waals surface area contributed by atoms with E-state index in [1.54, 1.807) is 0 Å². The van der Waals surface area contributed by atoms with Crippen LogP contribution in [0.3, 0.4) is 0 Å². The largest absolute Gasteiger partial charge is 0.462 e. The average Bonchev–Trinajstić information content (AvgIpc) is 3.30. The second kappa shape index (κ2) is 53.7. The van der Waals surface area contributed by atoms with Crippen LogP contribution in [0.5, 0.6) is 0 Å². The highest BCUT2D eigenvalue weighted by Gasteiger charge is 2.19. The Balaban J connectivity index is 4.35. The van der Waals surface area contributed by atoms with Gasteiger partial charge in [-0.2, -0.15) is 0 Å². The number of hydrogen-bond donors (Lipinski definition) is 0. The van der Waals surface area contributed by atoms with Gasteiger partial charge in [0.25, 0.3) is 0 Å². The highest BCUT2D eigenvalue weighted by molar-refractivity contribution is 5.71. The van der Waals surface area contributed by atoms with Crippen LogP contribution in [0.25, 0.3) is 0 Å². The zero-order valence-corrected chi connectivity index (χ0v) is 43.0. The molecule has 0 rings (SSSR count). The normalized spacial score (nSPS) is 12.5. The lowest BCUT2D eigenvalue weighted by atomic mass is 10.0. The Morgan fingerprint density at radius 1 is 0.323 bits per heavy atom. The van der Waals surface area contributed by atoms with Crippen LogP contribution >= 0.6 is 0 Å². The molecule has 1 atom stereocenters. The molecule has 6 heteroatoms. The molecule has 0 spiro atoms. The number of rotatable bonds is 50. The molecule has 0 fully saturated rings. The van der Waals surface area contributed by atoms with Gasteiger partial charge in [-0.25, -0.2) is 0 Å². The number of esters is 3. The molecule has 0 radical (unpaired) electrons. The Labute approximate surface area is 402 Å². The summed E-state index contributed by atoms with van der Waals surface area (Å²) >= 11 is 0. The van der Waals surface area contributed by atoms with E-state index in [0.717, 1.165) is 77.0 Å². The van der Waals surface area contributed by atoms with Crippen LogP contribution in [0.2, 0.25) is 0 Å². The maximum Gasteiger partial charge on any atom is 0.306 e. The van der Waals surface area contributed by atoms with Crippen molar-refractivity contribution in [2.45, 2.75) is 284 Å². The monoisotopic (exact) mass is 909 g/mol. The van der Waals surface area contributed by atoms with Crippen molar-refractivity contribution in [2.24, 2.45) is 0 Å². The molecule has 0 N–H and O–H groups in total. The fraction of sp³-hybridized carbons (Fsp3) is 0.780.